The van der Waals surface area contributed by atoms with Crippen LogP contribution in [0.15, 0.2) is 11.1 Å². The highest BCUT2D eigenvalue weighted by Gasteiger charge is 2.21. The molecule has 66 valence electrons. The normalized spacial score (nSPS) is 16.8. The summed E-state index contributed by atoms with van der Waals surface area (Å²) in [6, 6.07) is 0. The Balaban J connectivity index is 2.04. The minimum absolute atomic E-state index is 0.127. The van der Waals surface area contributed by atoms with Gasteiger partial charge in [0.15, 0.2) is 0 Å². The molecular weight excluding hydrogens is 154 g/mol. The Morgan fingerprint density at radius 1 is 1.67 bits per heavy atom. The summed E-state index contributed by atoms with van der Waals surface area (Å²) < 4.78 is 3.43. The van der Waals surface area contributed by atoms with E-state index in [9.17, 15) is 4.79 Å². The Morgan fingerprint density at radius 3 is 2.92 bits per heavy atom. The molecule has 1 aliphatic carbocycles. The van der Waals surface area contributed by atoms with Crippen molar-refractivity contribution in [1.82, 2.24) is 14.3 Å². The summed E-state index contributed by atoms with van der Waals surface area (Å²) in [5.74, 6) is 0.867. The van der Waals surface area contributed by atoms with Crippen LogP contribution in [0.3, 0.4) is 0 Å². The number of hydrogen-bond acceptors (Lipinski definition) is 2. The first-order valence-corrected chi connectivity index (χ1v) is 4.36. The molecule has 1 aromatic heterocycles. The van der Waals surface area contributed by atoms with Crippen molar-refractivity contribution in [2.75, 3.05) is 0 Å². The Hall–Kier alpha value is -1.06. The lowest BCUT2D eigenvalue weighted by atomic mass is 10.3. The zero-order valence-corrected chi connectivity index (χ0v) is 7.23. The molecule has 0 amide bonds. The summed E-state index contributed by atoms with van der Waals surface area (Å²) >= 11 is 0. The van der Waals surface area contributed by atoms with Gasteiger partial charge in [0.2, 0.25) is 0 Å². The van der Waals surface area contributed by atoms with Crippen molar-refractivity contribution >= 4 is 0 Å². The van der Waals surface area contributed by atoms with Crippen LogP contribution in [0, 0.1) is 5.92 Å². The lowest BCUT2D eigenvalue weighted by Crippen LogP contribution is -2.22. The molecule has 1 aliphatic rings. The molecule has 12 heavy (non-hydrogen) atoms. The Bertz CT molecular complexity index is 321. The molecule has 1 saturated carbocycles. The van der Waals surface area contributed by atoms with E-state index in [0.29, 0.717) is 0 Å². The van der Waals surface area contributed by atoms with Crippen LogP contribution in [-0.2, 0) is 13.6 Å². The van der Waals surface area contributed by atoms with Crippen molar-refractivity contribution in [1.29, 1.82) is 0 Å². The predicted molar refractivity (Wildman–Crippen MR) is 44.8 cm³/mol. The maximum Gasteiger partial charge on any atom is 0.363 e. The van der Waals surface area contributed by atoms with Gasteiger partial charge in [0.1, 0.15) is 6.33 Å². The van der Waals surface area contributed by atoms with E-state index >= 15 is 0 Å². The van der Waals surface area contributed by atoms with Gasteiger partial charge in [0.05, 0.1) is 0 Å². The van der Waals surface area contributed by atoms with Gasteiger partial charge >= 0.3 is 5.69 Å². The zero-order valence-electron chi connectivity index (χ0n) is 7.23. The summed E-state index contributed by atoms with van der Waals surface area (Å²) in [6.07, 6.45) is 5.37. The molecule has 2 rings (SSSR count). The fraction of sp³-hybridized carbons (Fsp3) is 0.750. The molecule has 0 N–H and O–H groups in total. The highest BCUT2D eigenvalue weighted by molar-refractivity contribution is 4.73. The minimum Gasteiger partial charge on any atom is -0.273 e. The topological polar surface area (TPSA) is 39.8 Å². The third kappa shape index (κ3) is 1.42. The fourth-order valence-electron chi connectivity index (χ4n) is 1.36. The van der Waals surface area contributed by atoms with Crippen molar-refractivity contribution in [2.45, 2.75) is 25.8 Å². The summed E-state index contributed by atoms with van der Waals surface area (Å²) in [5.41, 5.74) is -0.127. The molecule has 0 aliphatic heterocycles. The molecule has 0 saturated heterocycles. The van der Waals surface area contributed by atoms with E-state index in [1.54, 1.807) is 15.7 Å². The SMILES string of the molecule is Cn1cnc(=O)n1CCC1CC1. The molecule has 1 aromatic rings. The fourth-order valence-corrected chi connectivity index (χ4v) is 1.36. The second-order valence-electron chi connectivity index (χ2n) is 3.46. The van der Waals surface area contributed by atoms with E-state index in [0.717, 1.165) is 18.9 Å². The van der Waals surface area contributed by atoms with E-state index < -0.39 is 0 Å². The number of aromatic nitrogens is 3. The Labute approximate surface area is 70.8 Å². The van der Waals surface area contributed by atoms with Gasteiger partial charge < -0.3 is 0 Å². The molecule has 0 radical (unpaired) electrons. The lowest BCUT2D eigenvalue weighted by molar-refractivity contribution is 0.461. The van der Waals surface area contributed by atoms with E-state index in [1.807, 2.05) is 7.05 Å². The third-order valence-electron chi connectivity index (χ3n) is 2.38. The lowest BCUT2D eigenvalue weighted by Gasteiger charge is -2.03. The van der Waals surface area contributed by atoms with Crippen molar-refractivity contribution < 1.29 is 0 Å². The largest absolute Gasteiger partial charge is 0.363 e. The van der Waals surface area contributed by atoms with Crippen molar-refractivity contribution in [3.8, 4) is 0 Å². The molecule has 0 spiro atoms. The van der Waals surface area contributed by atoms with Crippen LogP contribution in [0.2, 0.25) is 0 Å². The van der Waals surface area contributed by atoms with Crippen LogP contribution in [0.5, 0.6) is 0 Å². The van der Waals surface area contributed by atoms with Gasteiger partial charge in [-0.3, -0.25) is 4.68 Å². The van der Waals surface area contributed by atoms with Gasteiger partial charge in [0.25, 0.3) is 0 Å². The summed E-state index contributed by atoms with van der Waals surface area (Å²) in [6.45, 7) is 0.819. The predicted octanol–water partition coefficient (Wildman–Crippen LogP) is 0.382. The van der Waals surface area contributed by atoms with E-state index in [2.05, 4.69) is 4.98 Å². The zero-order chi connectivity index (χ0) is 8.55. The summed E-state index contributed by atoms with van der Waals surface area (Å²) in [5, 5.41) is 0. The highest BCUT2D eigenvalue weighted by atomic mass is 16.2. The smallest absolute Gasteiger partial charge is 0.273 e. The minimum atomic E-state index is -0.127. The maximum atomic E-state index is 11.1. The second kappa shape index (κ2) is 2.77. The monoisotopic (exact) mass is 167 g/mol. The van der Waals surface area contributed by atoms with Gasteiger partial charge in [-0.2, -0.15) is 4.98 Å². The molecule has 0 atom stereocenters. The molecule has 4 heteroatoms. The number of aryl methyl sites for hydroxylation is 1. The van der Waals surface area contributed by atoms with Gasteiger partial charge in [-0.15, -0.1) is 0 Å². The number of hydrogen-bond donors (Lipinski definition) is 0. The van der Waals surface area contributed by atoms with Gasteiger partial charge in [-0.25, -0.2) is 9.48 Å². The van der Waals surface area contributed by atoms with Crippen molar-refractivity contribution in [3.05, 3.63) is 16.8 Å². The van der Waals surface area contributed by atoms with Crippen LogP contribution in [0.4, 0.5) is 0 Å². The molecule has 0 unspecified atom stereocenters. The summed E-state index contributed by atoms with van der Waals surface area (Å²) in [4.78, 5) is 14.8. The molecule has 1 heterocycles. The first-order valence-electron chi connectivity index (χ1n) is 4.36. The molecular formula is C8H13N3O. The maximum absolute atomic E-state index is 11.1. The first kappa shape index (κ1) is 7.58. The third-order valence-corrected chi connectivity index (χ3v) is 2.38. The quantitative estimate of drug-likeness (QED) is 0.653. The first-order chi connectivity index (χ1) is 5.77. The van der Waals surface area contributed by atoms with Crippen LogP contribution in [0.25, 0.3) is 0 Å². The van der Waals surface area contributed by atoms with Gasteiger partial charge in [-0.1, -0.05) is 12.8 Å². The molecule has 4 nitrogen and oxygen atoms in total. The van der Waals surface area contributed by atoms with Crippen LogP contribution < -0.4 is 5.69 Å². The molecule has 0 bridgehead atoms. The number of rotatable bonds is 3. The standard InChI is InChI=1S/C8H13N3O/c1-10-6-9-8(12)11(10)5-4-7-2-3-7/h6-7H,2-5H2,1H3. The van der Waals surface area contributed by atoms with Crippen LogP contribution >= 0.6 is 0 Å². The van der Waals surface area contributed by atoms with Crippen LogP contribution in [-0.4, -0.2) is 14.3 Å². The van der Waals surface area contributed by atoms with E-state index in [-0.39, 0.29) is 5.69 Å². The van der Waals surface area contributed by atoms with Gasteiger partial charge in [0, 0.05) is 13.6 Å². The Morgan fingerprint density at radius 2 is 2.42 bits per heavy atom. The van der Waals surface area contributed by atoms with Crippen molar-refractivity contribution in [2.24, 2.45) is 13.0 Å². The van der Waals surface area contributed by atoms with E-state index in [4.69, 9.17) is 0 Å². The average molecular weight is 167 g/mol. The van der Waals surface area contributed by atoms with Gasteiger partial charge in [-0.05, 0) is 12.3 Å². The van der Waals surface area contributed by atoms with Crippen LogP contribution in [0.1, 0.15) is 19.3 Å². The van der Waals surface area contributed by atoms with E-state index in [1.165, 1.54) is 12.8 Å². The Kier molecular flexibility index (Phi) is 1.75. The number of nitrogens with zero attached hydrogens (tertiary/aromatic N) is 3. The van der Waals surface area contributed by atoms with Crippen molar-refractivity contribution in [3.63, 3.8) is 0 Å². The highest BCUT2D eigenvalue weighted by Crippen LogP contribution is 2.32. The average Bonchev–Trinajstić information content (AvgIpc) is 2.80. The second-order valence-corrected chi connectivity index (χ2v) is 3.46. The summed E-state index contributed by atoms with van der Waals surface area (Å²) in [7, 11) is 1.85. The molecule has 1 fully saturated rings. The molecule has 0 aromatic carbocycles.